The number of hydrogen-bond acceptors (Lipinski definition) is 9. The van der Waals surface area contributed by atoms with E-state index in [1.165, 1.54) is 19.4 Å². The second-order valence-corrected chi connectivity index (χ2v) is 9.76. The quantitative estimate of drug-likeness (QED) is 0.0686. The third kappa shape index (κ3) is 8.03. The number of nitrogens with one attached hydrogen (secondary N) is 3. The molecule has 0 bridgehead atoms. The minimum Gasteiger partial charge on any atom is -0.491 e. The van der Waals surface area contributed by atoms with Crippen LogP contribution in [0.4, 0.5) is 20.3 Å². The van der Waals surface area contributed by atoms with Crippen LogP contribution in [-0.4, -0.2) is 58.7 Å². The third-order valence-corrected chi connectivity index (χ3v) is 6.07. The van der Waals surface area contributed by atoms with Crippen LogP contribution in [0.5, 0.6) is 5.75 Å². The Morgan fingerprint density at radius 3 is 2.53 bits per heavy atom. The Labute approximate surface area is 245 Å². The van der Waals surface area contributed by atoms with Gasteiger partial charge >= 0.3 is 11.9 Å². The van der Waals surface area contributed by atoms with Gasteiger partial charge in [-0.3, -0.25) is 19.6 Å². The van der Waals surface area contributed by atoms with E-state index in [2.05, 4.69) is 15.6 Å². The van der Waals surface area contributed by atoms with Crippen LogP contribution in [0.1, 0.15) is 30.5 Å². The molecule has 15 heteroatoms. The second-order valence-electron chi connectivity index (χ2n) is 9.76. The van der Waals surface area contributed by atoms with Crippen molar-refractivity contribution in [3.63, 3.8) is 0 Å². The van der Waals surface area contributed by atoms with Gasteiger partial charge in [0.25, 0.3) is 5.56 Å². The van der Waals surface area contributed by atoms with E-state index in [1.807, 2.05) is 0 Å². The van der Waals surface area contributed by atoms with Crippen molar-refractivity contribution in [2.24, 2.45) is 5.73 Å². The highest BCUT2D eigenvalue weighted by Crippen LogP contribution is 2.32. The first kappa shape index (κ1) is 32.5. The molecule has 43 heavy (non-hydrogen) atoms. The van der Waals surface area contributed by atoms with Crippen LogP contribution in [0, 0.1) is 5.41 Å². The van der Waals surface area contributed by atoms with Crippen molar-refractivity contribution in [2.75, 3.05) is 31.4 Å². The smallest absolute Gasteiger partial charge is 0.379 e. The summed E-state index contributed by atoms with van der Waals surface area (Å²) in [7, 11) is 1.52. The number of rotatable bonds is 14. The van der Waals surface area contributed by atoms with Crippen molar-refractivity contribution in [1.82, 2.24) is 14.9 Å². The van der Waals surface area contributed by atoms with E-state index in [-0.39, 0.29) is 35.3 Å². The number of alkyl halides is 2. The average molecular weight is 602 g/mol. The van der Waals surface area contributed by atoms with Crippen LogP contribution < -0.4 is 32.4 Å². The summed E-state index contributed by atoms with van der Waals surface area (Å²) >= 11 is 0. The van der Waals surface area contributed by atoms with Crippen molar-refractivity contribution in [2.45, 2.75) is 38.9 Å². The highest BCUT2D eigenvalue weighted by atomic mass is 19.3. The zero-order chi connectivity index (χ0) is 31.9. The molecule has 0 atom stereocenters. The number of nitrogens with two attached hydrogens (primary N) is 2. The van der Waals surface area contributed by atoms with Crippen molar-refractivity contribution in [3.8, 4) is 17.0 Å². The van der Waals surface area contributed by atoms with E-state index >= 15 is 0 Å². The molecule has 0 aliphatic rings. The molecule has 1 amide bonds. The first-order chi connectivity index (χ1) is 20.2. The fraction of sp³-hybridized carbons (Fsp3) is 0.321. The van der Waals surface area contributed by atoms with Gasteiger partial charge in [0.1, 0.15) is 24.7 Å². The van der Waals surface area contributed by atoms with Gasteiger partial charge in [0, 0.05) is 48.1 Å². The monoisotopic (exact) mass is 601 g/mol. The summed E-state index contributed by atoms with van der Waals surface area (Å²) in [5, 5.41) is 22.0. The highest BCUT2D eigenvalue weighted by Gasteiger charge is 2.43. The van der Waals surface area contributed by atoms with Crippen LogP contribution in [0.2, 0.25) is 0 Å². The molecule has 0 fully saturated rings. The Kier molecular flexibility index (Phi) is 10.4. The number of amides is 1. The number of nitrogens with zero attached hydrogens (tertiary/aromatic N) is 2. The number of aromatic nitrogens is 2. The fourth-order valence-corrected chi connectivity index (χ4v) is 4.04. The predicted molar refractivity (Wildman–Crippen MR) is 155 cm³/mol. The lowest BCUT2D eigenvalue weighted by molar-refractivity contribution is -0.166. The molecule has 0 unspecified atom stereocenters. The molecule has 0 radical (unpaired) electrons. The molecule has 13 nitrogen and oxygen atoms in total. The van der Waals surface area contributed by atoms with Crippen LogP contribution in [0.25, 0.3) is 11.3 Å². The van der Waals surface area contributed by atoms with Gasteiger partial charge in [0.2, 0.25) is 5.91 Å². The van der Waals surface area contributed by atoms with Gasteiger partial charge < -0.3 is 36.7 Å². The highest BCUT2D eigenvalue weighted by molar-refractivity contribution is 5.95. The van der Waals surface area contributed by atoms with Crippen molar-refractivity contribution < 1.29 is 33.0 Å². The zero-order valence-corrected chi connectivity index (χ0v) is 23.7. The van der Waals surface area contributed by atoms with Gasteiger partial charge in [-0.15, -0.1) is 0 Å². The summed E-state index contributed by atoms with van der Waals surface area (Å²) in [5.74, 6) is -7.65. The summed E-state index contributed by atoms with van der Waals surface area (Å²) in [6.45, 7) is 3.11. The Morgan fingerprint density at radius 1 is 1.19 bits per heavy atom. The summed E-state index contributed by atoms with van der Waals surface area (Å²) in [5.41, 5.74) is 10.5. The number of carbonyl (C=O) groups excluding carboxylic acids is 1. The second kappa shape index (κ2) is 13.7. The first-order valence-electron chi connectivity index (χ1n) is 13.0. The Balaban J connectivity index is 1.97. The fourth-order valence-electron chi connectivity index (χ4n) is 4.04. The number of methoxy groups -OCH3 is 1. The maximum Gasteiger partial charge on any atom is 0.379 e. The van der Waals surface area contributed by atoms with Gasteiger partial charge in [-0.2, -0.15) is 8.78 Å². The average Bonchev–Trinajstić information content (AvgIpc) is 2.93. The number of anilines is 2. The molecule has 0 aliphatic carbocycles. The van der Waals surface area contributed by atoms with Crippen LogP contribution in [0.3, 0.4) is 0 Å². The van der Waals surface area contributed by atoms with Crippen LogP contribution in [0.15, 0.2) is 47.4 Å². The van der Waals surface area contributed by atoms with Crippen molar-refractivity contribution in [1.29, 1.82) is 5.41 Å². The maximum absolute atomic E-state index is 14.5. The van der Waals surface area contributed by atoms with Crippen LogP contribution >= 0.6 is 0 Å². The molecule has 3 rings (SSSR count). The minimum atomic E-state index is -4.32. The number of ether oxygens (including phenoxy) is 2. The molecule has 230 valence electrons. The van der Waals surface area contributed by atoms with Crippen molar-refractivity contribution in [3.05, 3.63) is 69.6 Å². The van der Waals surface area contributed by atoms with Gasteiger partial charge in [0.05, 0.1) is 18.5 Å². The standard InChI is InChI=1S/C28H33F2N7O6/c1-15(2)36-25-26(39)37(22(13-35-25)18-8-19(31)11-20(9-18)43-7-6-42-3)14-23(38)34-12-17-5-4-16(24(32)33)10-21(17)28(29,30)27(40)41/h4-5,8-11,13,15H,6-7,12,14,31H2,1-3H3,(H3,32,33)(H,34,38)(H,35,36)(H,40,41). The number of hydrogen-bond donors (Lipinski definition) is 6. The van der Waals surface area contributed by atoms with E-state index in [9.17, 15) is 23.2 Å². The zero-order valence-electron chi connectivity index (χ0n) is 23.7. The summed E-state index contributed by atoms with van der Waals surface area (Å²) in [6.07, 6.45) is 1.39. The molecule has 2 aromatic carbocycles. The number of carbonyl (C=O) groups is 2. The van der Waals surface area contributed by atoms with Gasteiger partial charge in [-0.05, 0) is 37.6 Å². The van der Waals surface area contributed by atoms with Crippen LogP contribution in [-0.2, 0) is 33.3 Å². The van der Waals surface area contributed by atoms with Gasteiger partial charge in [-0.1, -0.05) is 12.1 Å². The number of carboxylic acid groups (broad SMARTS) is 1. The van der Waals surface area contributed by atoms with E-state index in [1.54, 1.807) is 32.0 Å². The normalized spacial score (nSPS) is 11.3. The van der Waals surface area contributed by atoms with E-state index < -0.39 is 47.8 Å². The van der Waals surface area contributed by atoms with Crippen molar-refractivity contribution >= 4 is 29.2 Å². The Morgan fingerprint density at radius 2 is 1.91 bits per heavy atom. The first-order valence-corrected chi connectivity index (χ1v) is 13.0. The Hall–Kier alpha value is -5.05. The minimum absolute atomic E-state index is 0.0183. The predicted octanol–water partition coefficient (Wildman–Crippen LogP) is 2.11. The summed E-state index contributed by atoms with van der Waals surface area (Å²) < 4.78 is 40.9. The molecule has 0 saturated carbocycles. The molecular weight excluding hydrogens is 568 g/mol. The number of benzene rings is 2. The molecule has 0 saturated heterocycles. The van der Waals surface area contributed by atoms with E-state index in [4.69, 9.17) is 31.5 Å². The number of nitrogen functional groups attached to an aromatic ring is 2. The number of amidine groups is 1. The number of aliphatic carboxylic acids is 1. The van der Waals surface area contributed by atoms with E-state index in [0.717, 1.165) is 16.7 Å². The lowest BCUT2D eigenvalue weighted by Crippen LogP contribution is -2.35. The molecule has 0 spiro atoms. The molecule has 3 aromatic rings. The molecular formula is C28H33F2N7O6. The molecule has 1 aromatic heterocycles. The molecule has 8 N–H and O–H groups in total. The van der Waals surface area contributed by atoms with Gasteiger partial charge in [-0.25, -0.2) is 9.78 Å². The Bertz CT molecular complexity index is 1580. The lowest BCUT2D eigenvalue weighted by atomic mass is 9.98. The largest absolute Gasteiger partial charge is 0.491 e. The number of halogens is 2. The van der Waals surface area contributed by atoms with E-state index in [0.29, 0.717) is 23.6 Å². The lowest BCUT2D eigenvalue weighted by Gasteiger charge is -2.19. The topological polar surface area (TPSA) is 208 Å². The maximum atomic E-state index is 14.5. The SMILES string of the molecule is COCCOc1cc(N)cc(-c2cnc(NC(C)C)c(=O)n2CC(=O)NCc2ccc(C(=N)N)cc2C(F)(F)C(=O)O)c1. The summed E-state index contributed by atoms with van der Waals surface area (Å²) in [4.78, 5) is 42.0. The molecule has 1 heterocycles. The molecule has 0 aliphatic heterocycles. The number of carboxylic acids is 1. The summed E-state index contributed by atoms with van der Waals surface area (Å²) in [6, 6.07) is 7.80. The third-order valence-electron chi connectivity index (χ3n) is 6.07. The van der Waals surface area contributed by atoms with Gasteiger partial charge in [0.15, 0.2) is 5.82 Å².